The monoisotopic (exact) mass is 238 g/mol. The van der Waals surface area contributed by atoms with Gasteiger partial charge < -0.3 is 14.2 Å². The largest absolute Gasteiger partial charge is 0.463 e. The predicted molar refractivity (Wildman–Crippen MR) is 68.2 cm³/mol. The predicted octanol–water partition coefficient (Wildman–Crippen LogP) is -0.248. The molecule has 0 amide bonds. The van der Waals surface area contributed by atoms with Crippen molar-refractivity contribution in [1.82, 2.24) is 0 Å². The lowest BCUT2D eigenvalue weighted by Crippen LogP contribution is -3.29. The van der Waals surface area contributed by atoms with Crippen molar-refractivity contribution in [2.45, 2.75) is 39.3 Å². The summed E-state index contributed by atoms with van der Waals surface area (Å²) in [5, 5.41) is 0. The van der Waals surface area contributed by atoms with E-state index in [1.165, 1.54) is 39.0 Å². The highest BCUT2D eigenvalue weighted by atomic mass is 16.3. The molecule has 17 heavy (non-hydrogen) atoms. The zero-order chi connectivity index (χ0) is 12.1. The van der Waals surface area contributed by atoms with Crippen LogP contribution in [0.25, 0.3) is 0 Å². The third-order valence-electron chi connectivity index (χ3n) is 4.17. The standard InChI is InChI=1S/C14H24N2O/c1-3-13(4-2)16-9-7-15(8-10-16)12-14-6-5-11-17-14/h5-6,11,13H,3-4,7-10,12H2,1-2H3/p+2. The lowest BCUT2D eigenvalue weighted by atomic mass is 10.1. The van der Waals surface area contributed by atoms with Gasteiger partial charge >= 0.3 is 0 Å². The van der Waals surface area contributed by atoms with E-state index in [9.17, 15) is 0 Å². The second-order valence-electron chi connectivity index (χ2n) is 5.18. The molecule has 3 heteroatoms. The van der Waals surface area contributed by atoms with E-state index in [0.717, 1.165) is 18.3 Å². The molecule has 2 rings (SSSR count). The fourth-order valence-electron chi connectivity index (χ4n) is 3.04. The van der Waals surface area contributed by atoms with Gasteiger partial charge in [0.15, 0.2) is 5.76 Å². The summed E-state index contributed by atoms with van der Waals surface area (Å²) in [5.41, 5.74) is 0. The number of nitrogens with one attached hydrogen (secondary N) is 2. The summed E-state index contributed by atoms with van der Waals surface area (Å²) < 4.78 is 5.43. The molecule has 0 radical (unpaired) electrons. The Balaban J connectivity index is 1.78. The molecule has 0 bridgehead atoms. The zero-order valence-electron chi connectivity index (χ0n) is 11.2. The van der Waals surface area contributed by atoms with Crippen LogP contribution in [0.4, 0.5) is 0 Å². The Kier molecular flexibility index (Phi) is 4.63. The number of hydrogen-bond donors (Lipinski definition) is 2. The lowest BCUT2D eigenvalue weighted by Gasteiger charge is -2.33. The maximum absolute atomic E-state index is 5.43. The zero-order valence-corrected chi connectivity index (χ0v) is 11.2. The number of furan rings is 1. The molecule has 0 aromatic carbocycles. The van der Waals surface area contributed by atoms with Crippen molar-refractivity contribution < 1.29 is 14.2 Å². The topological polar surface area (TPSA) is 22.0 Å². The molecule has 1 aliphatic rings. The maximum Gasteiger partial charge on any atom is 0.157 e. The van der Waals surface area contributed by atoms with Crippen LogP contribution in [-0.2, 0) is 6.54 Å². The molecule has 1 fully saturated rings. The Hall–Kier alpha value is -0.800. The van der Waals surface area contributed by atoms with Gasteiger partial charge in [0.2, 0.25) is 0 Å². The Morgan fingerprint density at radius 2 is 1.88 bits per heavy atom. The van der Waals surface area contributed by atoms with Crippen molar-refractivity contribution in [1.29, 1.82) is 0 Å². The number of hydrogen-bond acceptors (Lipinski definition) is 1. The summed E-state index contributed by atoms with van der Waals surface area (Å²) in [5.74, 6) is 1.13. The van der Waals surface area contributed by atoms with E-state index in [4.69, 9.17) is 4.42 Å². The van der Waals surface area contributed by atoms with Crippen molar-refractivity contribution in [3.05, 3.63) is 24.2 Å². The van der Waals surface area contributed by atoms with Crippen molar-refractivity contribution in [3.63, 3.8) is 0 Å². The number of piperazine rings is 1. The van der Waals surface area contributed by atoms with E-state index in [2.05, 4.69) is 19.9 Å². The van der Waals surface area contributed by atoms with Crippen LogP contribution in [0.3, 0.4) is 0 Å². The smallest absolute Gasteiger partial charge is 0.157 e. The maximum atomic E-state index is 5.43. The second kappa shape index (κ2) is 6.22. The highest BCUT2D eigenvalue weighted by molar-refractivity contribution is 4.95. The molecule has 0 aliphatic carbocycles. The van der Waals surface area contributed by atoms with Crippen LogP contribution in [0.5, 0.6) is 0 Å². The first-order valence-corrected chi connectivity index (χ1v) is 7.04. The van der Waals surface area contributed by atoms with E-state index in [1.54, 1.807) is 11.2 Å². The fraction of sp³-hybridized carbons (Fsp3) is 0.714. The van der Waals surface area contributed by atoms with Gasteiger partial charge in [-0.2, -0.15) is 0 Å². The molecular formula is C14H26N2O+2. The van der Waals surface area contributed by atoms with E-state index in [-0.39, 0.29) is 0 Å². The van der Waals surface area contributed by atoms with Gasteiger partial charge in [-0.1, -0.05) is 13.8 Å². The Morgan fingerprint density at radius 1 is 1.18 bits per heavy atom. The summed E-state index contributed by atoms with van der Waals surface area (Å²) in [7, 11) is 0. The van der Waals surface area contributed by atoms with Crippen LogP contribution in [0, 0.1) is 0 Å². The molecule has 1 aromatic rings. The van der Waals surface area contributed by atoms with Crippen LogP contribution in [0.2, 0.25) is 0 Å². The third kappa shape index (κ3) is 3.33. The Morgan fingerprint density at radius 3 is 2.41 bits per heavy atom. The molecular weight excluding hydrogens is 212 g/mol. The molecule has 0 unspecified atom stereocenters. The highest BCUT2D eigenvalue weighted by Crippen LogP contribution is 1.96. The molecule has 1 aromatic heterocycles. The minimum Gasteiger partial charge on any atom is -0.463 e. The average Bonchev–Trinajstić information content (AvgIpc) is 2.86. The lowest BCUT2D eigenvalue weighted by molar-refractivity contribution is -1.03. The van der Waals surface area contributed by atoms with Crippen molar-refractivity contribution in [2.24, 2.45) is 0 Å². The Labute approximate surface area is 104 Å². The highest BCUT2D eigenvalue weighted by Gasteiger charge is 2.27. The van der Waals surface area contributed by atoms with Crippen molar-refractivity contribution in [3.8, 4) is 0 Å². The Bertz CT molecular complexity index is 298. The van der Waals surface area contributed by atoms with Gasteiger partial charge in [0.25, 0.3) is 0 Å². The van der Waals surface area contributed by atoms with Crippen LogP contribution < -0.4 is 9.80 Å². The van der Waals surface area contributed by atoms with Gasteiger partial charge in [0, 0.05) is 0 Å². The molecule has 1 aliphatic heterocycles. The van der Waals surface area contributed by atoms with E-state index >= 15 is 0 Å². The molecule has 0 spiro atoms. The molecule has 96 valence electrons. The molecule has 2 heterocycles. The van der Waals surface area contributed by atoms with Gasteiger partial charge in [0.05, 0.1) is 12.3 Å². The van der Waals surface area contributed by atoms with Crippen LogP contribution in [0.1, 0.15) is 32.4 Å². The molecule has 3 nitrogen and oxygen atoms in total. The van der Waals surface area contributed by atoms with Crippen molar-refractivity contribution in [2.75, 3.05) is 26.2 Å². The molecule has 1 saturated heterocycles. The van der Waals surface area contributed by atoms with E-state index in [1.807, 2.05) is 11.0 Å². The summed E-state index contributed by atoms with van der Waals surface area (Å²) in [6, 6.07) is 4.95. The first-order chi connectivity index (χ1) is 8.33. The van der Waals surface area contributed by atoms with Gasteiger partial charge in [-0.3, -0.25) is 0 Å². The molecule has 0 saturated carbocycles. The minimum atomic E-state index is 0.875. The second-order valence-corrected chi connectivity index (χ2v) is 5.18. The summed E-state index contributed by atoms with van der Waals surface area (Å²) in [4.78, 5) is 3.49. The quantitative estimate of drug-likeness (QED) is 0.726. The van der Waals surface area contributed by atoms with Gasteiger partial charge in [-0.25, -0.2) is 0 Å². The normalized spacial score (nSPS) is 25.4. The van der Waals surface area contributed by atoms with Gasteiger partial charge in [-0.15, -0.1) is 0 Å². The number of rotatable bonds is 5. The van der Waals surface area contributed by atoms with Gasteiger partial charge in [0.1, 0.15) is 32.7 Å². The summed E-state index contributed by atoms with van der Waals surface area (Å²) in [6.45, 7) is 10.9. The average molecular weight is 238 g/mol. The van der Waals surface area contributed by atoms with Crippen LogP contribution >= 0.6 is 0 Å². The number of quaternary nitrogens is 2. The van der Waals surface area contributed by atoms with Gasteiger partial charge in [-0.05, 0) is 25.0 Å². The third-order valence-corrected chi connectivity index (χ3v) is 4.17. The first kappa shape index (κ1) is 12.7. The van der Waals surface area contributed by atoms with E-state index in [0.29, 0.717) is 0 Å². The van der Waals surface area contributed by atoms with E-state index < -0.39 is 0 Å². The van der Waals surface area contributed by atoms with Crippen molar-refractivity contribution >= 4 is 0 Å². The summed E-state index contributed by atoms with van der Waals surface area (Å²) in [6.07, 6.45) is 4.42. The summed E-state index contributed by atoms with van der Waals surface area (Å²) >= 11 is 0. The molecule has 2 N–H and O–H groups in total. The van der Waals surface area contributed by atoms with Crippen LogP contribution in [0.15, 0.2) is 22.8 Å². The minimum absolute atomic E-state index is 0.875. The SMILES string of the molecule is CCC(CC)[NH+]1CC[NH+](Cc2ccco2)CC1. The van der Waals surface area contributed by atoms with Crippen LogP contribution in [-0.4, -0.2) is 32.2 Å². The molecule has 0 atom stereocenters. The fourth-order valence-corrected chi connectivity index (χ4v) is 3.04. The first-order valence-electron chi connectivity index (χ1n) is 7.04.